The summed E-state index contributed by atoms with van der Waals surface area (Å²) >= 11 is 0. The Labute approximate surface area is 110 Å². The summed E-state index contributed by atoms with van der Waals surface area (Å²) in [5, 5.41) is 12.6. The number of aliphatic hydroxyl groups is 1. The number of nitrogens with one attached hydrogen (secondary N) is 1. The molecule has 0 amide bonds. The van der Waals surface area contributed by atoms with Crippen molar-refractivity contribution in [3.05, 3.63) is 35.4 Å². The van der Waals surface area contributed by atoms with Crippen LogP contribution in [0.3, 0.4) is 0 Å². The van der Waals surface area contributed by atoms with Crippen LogP contribution < -0.4 is 5.32 Å². The van der Waals surface area contributed by atoms with Gasteiger partial charge < -0.3 is 10.4 Å². The van der Waals surface area contributed by atoms with Crippen molar-refractivity contribution in [1.29, 1.82) is 0 Å². The highest BCUT2D eigenvalue weighted by atomic mass is 16.3. The van der Waals surface area contributed by atoms with Crippen LogP contribution >= 0.6 is 0 Å². The third-order valence-corrected chi connectivity index (χ3v) is 4.13. The lowest BCUT2D eigenvalue weighted by molar-refractivity contribution is 0.221. The van der Waals surface area contributed by atoms with Crippen LogP contribution in [0.4, 0.5) is 0 Å². The zero-order chi connectivity index (χ0) is 13.0. The van der Waals surface area contributed by atoms with Gasteiger partial charge in [0, 0.05) is 18.7 Å². The zero-order valence-corrected chi connectivity index (χ0v) is 11.5. The van der Waals surface area contributed by atoms with Crippen LogP contribution in [0.15, 0.2) is 24.3 Å². The van der Waals surface area contributed by atoms with Crippen molar-refractivity contribution in [3.8, 4) is 0 Å². The van der Waals surface area contributed by atoms with Crippen LogP contribution in [0, 0.1) is 6.92 Å². The van der Waals surface area contributed by atoms with E-state index in [9.17, 15) is 0 Å². The van der Waals surface area contributed by atoms with Crippen LogP contribution in [-0.4, -0.2) is 23.8 Å². The molecule has 18 heavy (non-hydrogen) atoms. The molecule has 1 aliphatic carbocycles. The Morgan fingerprint density at radius 2 is 1.94 bits per heavy atom. The van der Waals surface area contributed by atoms with Gasteiger partial charge in [-0.3, -0.25) is 0 Å². The van der Waals surface area contributed by atoms with E-state index in [2.05, 4.69) is 43.4 Å². The smallest absolute Gasteiger partial charge is 0.0445 e. The summed E-state index contributed by atoms with van der Waals surface area (Å²) in [6, 6.07) is 10.1. The van der Waals surface area contributed by atoms with E-state index in [-0.39, 0.29) is 0 Å². The summed E-state index contributed by atoms with van der Waals surface area (Å²) < 4.78 is 0. The fourth-order valence-corrected chi connectivity index (χ4v) is 2.76. The third kappa shape index (κ3) is 3.33. The molecular formula is C16H25NO. The number of aliphatic hydroxyl groups excluding tert-OH is 1. The second-order valence-corrected chi connectivity index (χ2v) is 5.56. The minimum Gasteiger partial charge on any atom is -0.396 e. The van der Waals surface area contributed by atoms with E-state index in [1.54, 1.807) is 0 Å². The monoisotopic (exact) mass is 247 g/mol. The van der Waals surface area contributed by atoms with E-state index in [0.717, 1.165) is 18.8 Å². The Bertz CT molecular complexity index is 354. The van der Waals surface area contributed by atoms with Crippen LogP contribution in [0.2, 0.25) is 0 Å². The molecule has 2 rings (SSSR count). The van der Waals surface area contributed by atoms with Gasteiger partial charge in [0.05, 0.1) is 0 Å². The summed E-state index contributed by atoms with van der Waals surface area (Å²) in [4.78, 5) is 0. The van der Waals surface area contributed by atoms with Gasteiger partial charge in [-0.25, -0.2) is 0 Å². The number of hydrogen-bond acceptors (Lipinski definition) is 2. The first-order valence-electron chi connectivity index (χ1n) is 7.16. The lowest BCUT2D eigenvalue weighted by Crippen LogP contribution is -2.45. The minimum atomic E-state index is 0.291. The van der Waals surface area contributed by atoms with E-state index < -0.39 is 0 Å². The van der Waals surface area contributed by atoms with E-state index in [4.69, 9.17) is 5.11 Å². The molecule has 0 aromatic heterocycles. The van der Waals surface area contributed by atoms with Gasteiger partial charge in [-0.15, -0.1) is 0 Å². The molecular weight excluding hydrogens is 222 g/mol. The standard InChI is InChI=1S/C16H25NO/c1-3-15(8-9-18)17-16-10-14(11-16)13-6-4-12(2)5-7-13/h4-7,14-18H,3,8-11H2,1-2H3. The van der Waals surface area contributed by atoms with Crippen molar-refractivity contribution in [2.24, 2.45) is 0 Å². The van der Waals surface area contributed by atoms with E-state index in [0.29, 0.717) is 18.7 Å². The summed E-state index contributed by atoms with van der Waals surface area (Å²) in [6.07, 6.45) is 4.46. The van der Waals surface area contributed by atoms with Crippen LogP contribution in [-0.2, 0) is 0 Å². The molecule has 100 valence electrons. The van der Waals surface area contributed by atoms with Crippen molar-refractivity contribution < 1.29 is 5.11 Å². The summed E-state index contributed by atoms with van der Waals surface area (Å²) in [6.45, 7) is 4.61. The average molecular weight is 247 g/mol. The Hall–Kier alpha value is -0.860. The third-order valence-electron chi connectivity index (χ3n) is 4.13. The van der Waals surface area contributed by atoms with Crippen molar-refractivity contribution in [1.82, 2.24) is 5.32 Å². The molecule has 1 aromatic rings. The van der Waals surface area contributed by atoms with Crippen LogP contribution in [0.1, 0.15) is 49.7 Å². The summed E-state index contributed by atoms with van der Waals surface area (Å²) in [5.74, 6) is 0.731. The lowest BCUT2D eigenvalue weighted by atomic mass is 9.75. The maximum absolute atomic E-state index is 8.99. The van der Waals surface area contributed by atoms with E-state index >= 15 is 0 Å². The Morgan fingerprint density at radius 3 is 2.50 bits per heavy atom. The van der Waals surface area contributed by atoms with E-state index in [1.165, 1.54) is 24.0 Å². The van der Waals surface area contributed by atoms with Gasteiger partial charge in [0.25, 0.3) is 0 Å². The second kappa shape index (κ2) is 6.35. The van der Waals surface area contributed by atoms with Gasteiger partial charge in [-0.1, -0.05) is 36.8 Å². The minimum absolute atomic E-state index is 0.291. The van der Waals surface area contributed by atoms with Crippen LogP contribution in [0.5, 0.6) is 0 Å². The lowest BCUT2D eigenvalue weighted by Gasteiger charge is -2.38. The maximum Gasteiger partial charge on any atom is 0.0445 e. The Kier molecular flexibility index (Phi) is 4.79. The molecule has 1 aliphatic rings. The molecule has 0 radical (unpaired) electrons. The second-order valence-electron chi connectivity index (χ2n) is 5.56. The van der Waals surface area contributed by atoms with Crippen molar-refractivity contribution in [2.75, 3.05) is 6.61 Å². The number of hydrogen-bond donors (Lipinski definition) is 2. The molecule has 0 bridgehead atoms. The number of rotatable bonds is 6. The quantitative estimate of drug-likeness (QED) is 0.810. The van der Waals surface area contributed by atoms with Gasteiger partial charge in [0.1, 0.15) is 0 Å². The normalized spacial score (nSPS) is 24.6. The number of aryl methyl sites for hydroxylation is 1. The van der Waals surface area contributed by atoms with E-state index in [1.807, 2.05) is 0 Å². The highest BCUT2D eigenvalue weighted by Gasteiger charge is 2.30. The molecule has 0 spiro atoms. The van der Waals surface area contributed by atoms with Gasteiger partial charge in [0.15, 0.2) is 0 Å². The average Bonchev–Trinajstić information content (AvgIpc) is 2.33. The summed E-state index contributed by atoms with van der Waals surface area (Å²) in [5.41, 5.74) is 2.82. The molecule has 0 aliphatic heterocycles. The van der Waals surface area contributed by atoms with Crippen molar-refractivity contribution in [2.45, 2.75) is 57.5 Å². The zero-order valence-electron chi connectivity index (χ0n) is 11.5. The fourth-order valence-electron chi connectivity index (χ4n) is 2.76. The molecule has 1 aromatic carbocycles. The molecule has 2 heteroatoms. The topological polar surface area (TPSA) is 32.3 Å². The molecule has 2 nitrogen and oxygen atoms in total. The molecule has 0 heterocycles. The molecule has 2 N–H and O–H groups in total. The molecule has 1 fully saturated rings. The Morgan fingerprint density at radius 1 is 1.28 bits per heavy atom. The van der Waals surface area contributed by atoms with Gasteiger partial charge in [0.2, 0.25) is 0 Å². The van der Waals surface area contributed by atoms with Gasteiger partial charge in [-0.05, 0) is 44.1 Å². The predicted molar refractivity (Wildman–Crippen MR) is 75.9 cm³/mol. The number of benzene rings is 1. The van der Waals surface area contributed by atoms with Gasteiger partial charge in [-0.2, -0.15) is 0 Å². The van der Waals surface area contributed by atoms with Crippen LogP contribution in [0.25, 0.3) is 0 Å². The highest BCUT2D eigenvalue weighted by molar-refractivity contribution is 5.26. The Balaban J connectivity index is 1.78. The van der Waals surface area contributed by atoms with Gasteiger partial charge >= 0.3 is 0 Å². The first-order valence-corrected chi connectivity index (χ1v) is 7.16. The predicted octanol–water partition coefficient (Wildman–Crippen LogP) is 2.99. The first kappa shape index (κ1) is 13.6. The fraction of sp³-hybridized carbons (Fsp3) is 0.625. The molecule has 1 saturated carbocycles. The highest BCUT2D eigenvalue weighted by Crippen LogP contribution is 2.37. The maximum atomic E-state index is 8.99. The largest absolute Gasteiger partial charge is 0.396 e. The SMILES string of the molecule is CCC(CCO)NC1CC(c2ccc(C)cc2)C1. The van der Waals surface area contributed by atoms with Crippen molar-refractivity contribution in [3.63, 3.8) is 0 Å². The first-order chi connectivity index (χ1) is 8.72. The molecule has 1 unspecified atom stereocenters. The van der Waals surface area contributed by atoms with Crippen molar-refractivity contribution >= 4 is 0 Å². The molecule has 1 atom stereocenters. The summed E-state index contributed by atoms with van der Waals surface area (Å²) in [7, 11) is 0. The molecule has 0 saturated heterocycles.